The third-order valence-electron chi connectivity index (χ3n) is 7.63. The Morgan fingerprint density at radius 3 is 1.94 bits per heavy atom. The molecule has 168 valence electrons. The van der Waals surface area contributed by atoms with E-state index in [0.717, 1.165) is 23.2 Å². The highest BCUT2D eigenvalue weighted by atomic mass is 15.1. The number of nitrogen functional groups attached to an aromatic ring is 2. The van der Waals surface area contributed by atoms with Crippen LogP contribution in [0.4, 0.5) is 22.7 Å². The zero-order valence-corrected chi connectivity index (χ0v) is 19.4. The first-order valence-electron chi connectivity index (χ1n) is 12.2. The van der Waals surface area contributed by atoms with Gasteiger partial charge < -0.3 is 21.3 Å². The molecule has 4 nitrogen and oxygen atoms in total. The van der Waals surface area contributed by atoms with Crippen LogP contribution in [-0.2, 0) is 0 Å². The van der Waals surface area contributed by atoms with Crippen molar-refractivity contribution >= 4 is 22.7 Å². The molecule has 0 radical (unpaired) electrons. The van der Waals surface area contributed by atoms with E-state index >= 15 is 0 Å². The van der Waals surface area contributed by atoms with Crippen LogP contribution in [0.15, 0.2) is 36.4 Å². The summed E-state index contributed by atoms with van der Waals surface area (Å²) in [7, 11) is 0. The summed E-state index contributed by atoms with van der Waals surface area (Å²) in [6, 6.07) is 12.8. The topological polar surface area (TPSA) is 58.5 Å². The smallest absolute Gasteiger partial charge is 0.0397 e. The molecule has 31 heavy (non-hydrogen) atoms. The number of hydrogen-bond acceptors (Lipinski definition) is 4. The minimum Gasteiger partial charge on any atom is -0.399 e. The molecule has 2 aromatic carbocycles. The fourth-order valence-corrected chi connectivity index (χ4v) is 5.53. The van der Waals surface area contributed by atoms with Crippen LogP contribution in [0.3, 0.4) is 0 Å². The molecule has 2 aliphatic rings. The minimum atomic E-state index is 0.866. The maximum absolute atomic E-state index is 5.98. The number of nitrogens with zero attached hydrogens (tertiary/aromatic N) is 2. The number of piperidine rings is 2. The molecule has 4 N–H and O–H groups in total. The van der Waals surface area contributed by atoms with E-state index in [4.69, 9.17) is 11.5 Å². The highest BCUT2D eigenvalue weighted by molar-refractivity contribution is 5.59. The first kappa shape index (κ1) is 21.9. The number of rotatable bonds is 6. The van der Waals surface area contributed by atoms with Gasteiger partial charge in [-0.05, 0) is 98.9 Å². The van der Waals surface area contributed by atoms with E-state index in [0.29, 0.717) is 0 Å². The molecule has 4 heteroatoms. The van der Waals surface area contributed by atoms with Gasteiger partial charge in [-0.25, -0.2) is 0 Å². The first-order valence-corrected chi connectivity index (χ1v) is 12.2. The van der Waals surface area contributed by atoms with Crippen molar-refractivity contribution in [2.45, 2.75) is 58.8 Å². The molecular formula is C27H40N4. The van der Waals surface area contributed by atoms with Crippen LogP contribution >= 0.6 is 0 Å². The van der Waals surface area contributed by atoms with Crippen LogP contribution in [-0.4, -0.2) is 26.2 Å². The van der Waals surface area contributed by atoms with E-state index in [-0.39, 0.29) is 0 Å². The van der Waals surface area contributed by atoms with E-state index in [2.05, 4.69) is 54.0 Å². The van der Waals surface area contributed by atoms with Crippen LogP contribution in [0.5, 0.6) is 0 Å². The third kappa shape index (κ3) is 5.47. The largest absolute Gasteiger partial charge is 0.399 e. The summed E-state index contributed by atoms with van der Waals surface area (Å²) >= 11 is 0. The molecule has 0 saturated carbocycles. The predicted molar refractivity (Wildman–Crippen MR) is 135 cm³/mol. The lowest BCUT2D eigenvalue weighted by atomic mass is 9.86. The minimum absolute atomic E-state index is 0.866. The summed E-state index contributed by atoms with van der Waals surface area (Å²) in [4.78, 5) is 5.09. The number of nitrogens with two attached hydrogens (primary N) is 2. The van der Waals surface area contributed by atoms with Gasteiger partial charge >= 0.3 is 0 Å². The Morgan fingerprint density at radius 1 is 0.742 bits per heavy atom. The maximum atomic E-state index is 5.98. The lowest BCUT2D eigenvalue weighted by Gasteiger charge is -2.36. The van der Waals surface area contributed by atoms with Gasteiger partial charge in [0.1, 0.15) is 0 Å². The number of anilines is 4. The van der Waals surface area contributed by atoms with Gasteiger partial charge in [0.15, 0.2) is 0 Å². The van der Waals surface area contributed by atoms with Crippen molar-refractivity contribution in [3.63, 3.8) is 0 Å². The molecule has 0 atom stereocenters. The normalized spacial score (nSPS) is 18.5. The number of aryl methyl sites for hydroxylation is 2. The quantitative estimate of drug-likeness (QED) is 0.582. The Balaban J connectivity index is 1.15. The van der Waals surface area contributed by atoms with Gasteiger partial charge in [0.2, 0.25) is 0 Å². The highest BCUT2D eigenvalue weighted by Crippen LogP contribution is 2.32. The Kier molecular flexibility index (Phi) is 6.94. The van der Waals surface area contributed by atoms with Crippen LogP contribution in [0.25, 0.3) is 0 Å². The number of benzene rings is 2. The Hall–Kier alpha value is -2.36. The fraction of sp³-hybridized carbons (Fsp3) is 0.556. The lowest BCUT2D eigenvalue weighted by Crippen LogP contribution is -2.34. The molecule has 0 aromatic heterocycles. The van der Waals surface area contributed by atoms with E-state index in [1.54, 1.807) is 0 Å². The summed E-state index contributed by atoms with van der Waals surface area (Å²) in [5.74, 6) is 1.81. The van der Waals surface area contributed by atoms with Gasteiger partial charge in [-0.3, -0.25) is 0 Å². The van der Waals surface area contributed by atoms with E-state index < -0.39 is 0 Å². The Morgan fingerprint density at radius 2 is 1.35 bits per heavy atom. The lowest BCUT2D eigenvalue weighted by molar-refractivity contribution is 0.325. The molecule has 0 spiro atoms. The summed E-state index contributed by atoms with van der Waals surface area (Å²) in [6.45, 7) is 9.04. The zero-order valence-electron chi connectivity index (χ0n) is 19.4. The van der Waals surface area contributed by atoms with Crippen molar-refractivity contribution < 1.29 is 0 Å². The highest BCUT2D eigenvalue weighted by Gasteiger charge is 2.22. The molecule has 0 aliphatic carbocycles. The van der Waals surface area contributed by atoms with E-state index in [1.165, 1.54) is 93.6 Å². The number of hydrogen-bond donors (Lipinski definition) is 2. The van der Waals surface area contributed by atoms with Crippen molar-refractivity contribution in [2.24, 2.45) is 11.8 Å². The molecule has 2 saturated heterocycles. The van der Waals surface area contributed by atoms with E-state index in [1.807, 2.05) is 6.07 Å². The third-order valence-corrected chi connectivity index (χ3v) is 7.63. The zero-order chi connectivity index (χ0) is 21.8. The predicted octanol–water partition coefficient (Wildman–Crippen LogP) is 5.77. The summed E-state index contributed by atoms with van der Waals surface area (Å²) < 4.78 is 0. The van der Waals surface area contributed by atoms with Crippen LogP contribution < -0.4 is 21.3 Å². The molecular weight excluding hydrogens is 380 g/mol. The van der Waals surface area contributed by atoms with Crippen molar-refractivity contribution in [1.82, 2.24) is 0 Å². The Labute approximate surface area is 188 Å². The summed E-state index contributed by atoms with van der Waals surface area (Å²) in [5, 5.41) is 0. The molecule has 0 unspecified atom stereocenters. The maximum Gasteiger partial charge on any atom is 0.0397 e. The summed E-state index contributed by atoms with van der Waals surface area (Å²) in [6.07, 6.45) is 9.54. The van der Waals surface area contributed by atoms with Crippen molar-refractivity contribution in [3.05, 3.63) is 47.5 Å². The van der Waals surface area contributed by atoms with Gasteiger partial charge in [-0.1, -0.05) is 19.3 Å². The van der Waals surface area contributed by atoms with Gasteiger partial charge in [0.05, 0.1) is 0 Å². The second-order valence-corrected chi connectivity index (χ2v) is 9.88. The van der Waals surface area contributed by atoms with Gasteiger partial charge in [-0.15, -0.1) is 0 Å². The van der Waals surface area contributed by atoms with Gasteiger partial charge in [0.25, 0.3) is 0 Å². The molecule has 0 bridgehead atoms. The SMILES string of the molecule is Cc1cc(N2CCC(CCCC3CCN(c4ccc(N)cc4C)CC3)CC2)ccc1N. The van der Waals surface area contributed by atoms with Crippen molar-refractivity contribution in [2.75, 3.05) is 47.4 Å². The average Bonchev–Trinajstić information content (AvgIpc) is 2.77. The van der Waals surface area contributed by atoms with Crippen molar-refractivity contribution in [3.8, 4) is 0 Å². The molecule has 2 fully saturated rings. The average molecular weight is 421 g/mol. The molecule has 2 heterocycles. The van der Waals surface area contributed by atoms with Gasteiger partial charge in [0, 0.05) is 48.9 Å². The molecule has 2 aliphatic heterocycles. The second kappa shape index (κ2) is 9.84. The van der Waals surface area contributed by atoms with Crippen LogP contribution in [0.2, 0.25) is 0 Å². The van der Waals surface area contributed by atoms with Crippen LogP contribution in [0.1, 0.15) is 56.1 Å². The monoisotopic (exact) mass is 420 g/mol. The van der Waals surface area contributed by atoms with E-state index in [9.17, 15) is 0 Å². The summed E-state index contributed by atoms with van der Waals surface area (Å²) in [5.41, 5.74) is 18.9. The fourth-order valence-electron chi connectivity index (χ4n) is 5.53. The molecule has 2 aromatic rings. The Bertz CT molecular complexity index is 862. The first-order chi connectivity index (χ1) is 15.0. The second-order valence-electron chi connectivity index (χ2n) is 9.88. The molecule has 4 rings (SSSR count). The molecule has 0 amide bonds. The van der Waals surface area contributed by atoms with Crippen LogP contribution in [0, 0.1) is 25.7 Å². The van der Waals surface area contributed by atoms with Gasteiger partial charge in [-0.2, -0.15) is 0 Å². The van der Waals surface area contributed by atoms with Crippen molar-refractivity contribution in [1.29, 1.82) is 0 Å². The standard InChI is InChI=1S/C27H40N4/c1-20-19-25(7-8-26(20)29)30-14-10-22(11-15-30)4-3-5-23-12-16-31(17-13-23)27-9-6-24(28)18-21(27)2/h6-9,18-19,22-23H,3-5,10-17,28-29H2,1-2H3.